The third kappa shape index (κ3) is 3.79. The van der Waals surface area contributed by atoms with Gasteiger partial charge in [-0.3, -0.25) is 0 Å². The second-order valence-electron chi connectivity index (χ2n) is 7.45. The molecule has 118 valence electrons. The fraction of sp³-hybridized carbons (Fsp3) is 0.684. The summed E-state index contributed by atoms with van der Waals surface area (Å²) < 4.78 is 5.73. The van der Waals surface area contributed by atoms with Crippen molar-refractivity contribution < 1.29 is 9.84 Å². The molecule has 0 spiro atoms. The molecule has 1 aliphatic carbocycles. The summed E-state index contributed by atoms with van der Waals surface area (Å²) in [6.07, 6.45) is 5.05. The minimum absolute atomic E-state index is 0.324. The van der Waals surface area contributed by atoms with Gasteiger partial charge in [0.05, 0.1) is 12.2 Å². The highest BCUT2D eigenvalue weighted by molar-refractivity contribution is 5.38. The Morgan fingerprint density at radius 1 is 1.19 bits per heavy atom. The average Bonchev–Trinajstić information content (AvgIpc) is 2.62. The molecule has 0 amide bonds. The first-order chi connectivity index (χ1) is 9.87. The average molecular weight is 290 g/mol. The monoisotopic (exact) mass is 290 g/mol. The van der Waals surface area contributed by atoms with Crippen molar-refractivity contribution >= 4 is 0 Å². The Kier molecular flexibility index (Phi) is 4.98. The van der Waals surface area contributed by atoms with E-state index in [1.165, 1.54) is 6.42 Å². The Labute approximate surface area is 129 Å². The van der Waals surface area contributed by atoms with Crippen molar-refractivity contribution in [3.05, 3.63) is 29.8 Å². The maximum absolute atomic E-state index is 11.2. The largest absolute Gasteiger partial charge is 0.493 e. The summed E-state index contributed by atoms with van der Waals surface area (Å²) >= 11 is 0. The maximum atomic E-state index is 11.2. The molecule has 1 N–H and O–H groups in total. The fourth-order valence-electron chi connectivity index (χ4n) is 3.59. The number of rotatable bonds is 3. The van der Waals surface area contributed by atoms with Crippen molar-refractivity contribution in [1.29, 1.82) is 0 Å². The molecular weight excluding hydrogens is 260 g/mol. The van der Waals surface area contributed by atoms with Crippen molar-refractivity contribution in [1.82, 2.24) is 0 Å². The van der Waals surface area contributed by atoms with Crippen molar-refractivity contribution in [3.63, 3.8) is 0 Å². The van der Waals surface area contributed by atoms with Crippen LogP contribution in [0.25, 0.3) is 0 Å². The highest BCUT2D eigenvalue weighted by atomic mass is 16.5. The van der Waals surface area contributed by atoms with Gasteiger partial charge >= 0.3 is 0 Å². The van der Waals surface area contributed by atoms with Gasteiger partial charge in [0.15, 0.2) is 0 Å². The molecule has 0 saturated heterocycles. The first kappa shape index (κ1) is 16.4. The first-order valence-corrected chi connectivity index (χ1v) is 8.31. The number of hydrogen-bond acceptors (Lipinski definition) is 2. The molecular formula is C19H30O2. The molecule has 1 aliphatic rings. The molecule has 0 aromatic heterocycles. The van der Waals surface area contributed by atoms with Gasteiger partial charge < -0.3 is 9.84 Å². The number of benzene rings is 1. The lowest BCUT2D eigenvalue weighted by Gasteiger charge is -2.31. The third-order valence-corrected chi connectivity index (χ3v) is 4.96. The van der Waals surface area contributed by atoms with Crippen molar-refractivity contribution in [2.75, 3.05) is 6.61 Å². The molecule has 1 saturated carbocycles. The van der Waals surface area contributed by atoms with Crippen LogP contribution in [0.5, 0.6) is 5.75 Å². The van der Waals surface area contributed by atoms with E-state index >= 15 is 0 Å². The Balaban J connectivity index is 2.23. The summed E-state index contributed by atoms with van der Waals surface area (Å²) in [5.41, 5.74) is 0.567. The van der Waals surface area contributed by atoms with Gasteiger partial charge in [0.2, 0.25) is 0 Å². The van der Waals surface area contributed by atoms with Crippen LogP contribution < -0.4 is 4.74 Å². The predicted molar refractivity (Wildman–Crippen MR) is 87.5 cm³/mol. The van der Waals surface area contributed by atoms with Crippen LogP contribution in [0.2, 0.25) is 0 Å². The second-order valence-corrected chi connectivity index (χ2v) is 7.45. The zero-order valence-electron chi connectivity index (χ0n) is 14.0. The highest BCUT2D eigenvalue weighted by Crippen LogP contribution is 2.45. The Morgan fingerprint density at radius 3 is 2.57 bits per heavy atom. The summed E-state index contributed by atoms with van der Waals surface area (Å²) in [4.78, 5) is 0. The predicted octanol–water partition coefficient (Wildman–Crippen LogP) is 4.90. The van der Waals surface area contributed by atoms with Gasteiger partial charge in [-0.2, -0.15) is 0 Å². The van der Waals surface area contributed by atoms with Gasteiger partial charge in [-0.05, 0) is 56.4 Å². The summed E-state index contributed by atoms with van der Waals surface area (Å²) in [5, 5.41) is 11.2. The smallest absolute Gasteiger partial charge is 0.125 e. The van der Waals surface area contributed by atoms with Crippen LogP contribution in [-0.4, -0.2) is 11.7 Å². The van der Waals surface area contributed by atoms with E-state index < -0.39 is 5.60 Å². The van der Waals surface area contributed by atoms with Crippen LogP contribution in [0, 0.1) is 11.3 Å². The Hall–Kier alpha value is -1.02. The molecule has 2 heteroatoms. The van der Waals surface area contributed by atoms with Crippen molar-refractivity contribution in [2.45, 2.75) is 65.4 Å². The molecule has 2 nitrogen and oxygen atoms in total. The Bertz CT molecular complexity index is 461. The number of aliphatic hydroxyl groups is 1. The van der Waals surface area contributed by atoms with E-state index in [1.807, 2.05) is 31.2 Å². The first-order valence-electron chi connectivity index (χ1n) is 8.31. The molecule has 2 unspecified atom stereocenters. The molecule has 1 aromatic rings. The van der Waals surface area contributed by atoms with Crippen LogP contribution in [0.15, 0.2) is 24.3 Å². The number of para-hydroxylation sites is 1. The fourth-order valence-corrected chi connectivity index (χ4v) is 3.59. The summed E-state index contributed by atoms with van der Waals surface area (Å²) in [6, 6.07) is 7.99. The molecule has 1 fully saturated rings. The number of ether oxygens (including phenoxy) is 1. The molecule has 0 aliphatic heterocycles. The SMILES string of the molecule is CCOc1ccccc1C1(O)CCCC(C(C)(C)C)CC1. The van der Waals surface area contributed by atoms with E-state index in [-0.39, 0.29) is 0 Å². The lowest BCUT2D eigenvalue weighted by molar-refractivity contribution is 0.0154. The summed E-state index contributed by atoms with van der Waals surface area (Å²) in [6.45, 7) is 9.57. The van der Waals surface area contributed by atoms with Gasteiger partial charge in [0.1, 0.15) is 5.75 Å². The third-order valence-electron chi connectivity index (χ3n) is 4.96. The topological polar surface area (TPSA) is 29.5 Å². The molecule has 21 heavy (non-hydrogen) atoms. The van der Waals surface area contributed by atoms with E-state index in [9.17, 15) is 5.11 Å². The van der Waals surface area contributed by atoms with Crippen LogP contribution in [0.3, 0.4) is 0 Å². The normalized spacial score (nSPS) is 27.2. The van der Waals surface area contributed by atoms with Gasteiger partial charge in [-0.25, -0.2) is 0 Å². The van der Waals surface area contributed by atoms with Crippen molar-refractivity contribution in [2.24, 2.45) is 11.3 Å². The zero-order chi connectivity index (χ0) is 15.5. The Morgan fingerprint density at radius 2 is 1.90 bits per heavy atom. The van der Waals surface area contributed by atoms with E-state index in [2.05, 4.69) is 20.8 Å². The molecule has 0 radical (unpaired) electrons. The minimum atomic E-state index is -0.730. The zero-order valence-corrected chi connectivity index (χ0v) is 14.0. The van der Waals surface area contributed by atoms with Crippen LogP contribution in [0.4, 0.5) is 0 Å². The number of hydrogen-bond donors (Lipinski definition) is 1. The second kappa shape index (κ2) is 6.39. The van der Waals surface area contributed by atoms with Gasteiger partial charge in [0.25, 0.3) is 0 Å². The van der Waals surface area contributed by atoms with Crippen LogP contribution >= 0.6 is 0 Å². The van der Waals surface area contributed by atoms with E-state index in [4.69, 9.17) is 4.74 Å². The molecule has 2 rings (SSSR count). The maximum Gasteiger partial charge on any atom is 0.125 e. The molecule has 0 heterocycles. The minimum Gasteiger partial charge on any atom is -0.493 e. The van der Waals surface area contributed by atoms with Crippen LogP contribution in [-0.2, 0) is 5.60 Å². The quantitative estimate of drug-likeness (QED) is 0.802. The van der Waals surface area contributed by atoms with E-state index in [0.717, 1.165) is 37.0 Å². The van der Waals surface area contributed by atoms with Gasteiger partial charge in [-0.15, -0.1) is 0 Å². The molecule has 1 aromatic carbocycles. The van der Waals surface area contributed by atoms with Crippen molar-refractivity contribution in [3.8, 4) is 5.75 Å². The highest BCUT2D eigenvalue weighted by Gasteiger charge is 2.37. The molecule has 2 atom stereocenters. The van der Waals surface area contributed by atoms with Gasteiger partial charge in [-0.1, -0.05) is 39.0 Å². The van der Waals surface area contributed by atoms with E-state index in [0.29, 0.717) is 17.9 Å². The summed E-state index contributed by atoms with van der Waals surface area (Å²) in [5.74, 6) is 1.53. The molecule has 0 bridgehead atoms. The standard InChI is InChI=1S/C19H30O2/c1-5-21-17-11-7-6-10-16(17)19(20)13-8-9-15(12-14-19)18(2,3)4/h6-7,10-11,15,20H,5,8-9,12-14H2,1-4H3. The lowest BCUT2D eigenvalue weighted by atomic mass is 9.76. The summed E-state index contributed by atoms with van der Waals surface area (Å²) in [7, 11) is 0. The van der Waals surface area contributed by atoms with Gasteiger partial charge in [0, 0.05) is 5.56 Å². The van der Waals surface area contributed by atoms with E-state index in [1.54, 1.807) is 0 Å². The van der Waals surface area contributed by atoms with Crippen LogP contribution in [0.1, 0.15) is 65.4 Å². The lowest BCUT2D eigenvalue weighted by Crippen LogP contribution is -2.26.